The monoisotopic (exact) mass is 559 g/mol. The van der Waals surface area contributed by atoms with Crippen molar-refractivity contribution in [2.24, 2.45) is 5.11 Å². The van der Waals surface area contributed by atoms with Crippen molar-refractivity contribution >= 4 is 17.5 Å². The van der Waals surface area contributed by atoms with Crippen LogP contribution in [0.3, 0.4) is 0 Å². The highest BCUT2D eigenvalue weighted by atomic mass is 19.4. The molecule has 2 aromatic rings. The summed E-state index contributed by atoms with van der Waals surface area (Å²) in [6, 6.07) is 2.51. The first-order valence-electron chi connectivity index (χ1n) is 11.6. The van der Waals surface area contributed by atoms with E-state index < -0.39 is 64.9 Å². The molecule has 1 fully saturated rings. The normalized spacial score (nSPS) is 21.3. The number of ether oxygens (including phenoxy) is 2. The van der Waals surface area contributed by atoms with E-state index in [2.05, 4.69) is 10.0 Å². The Balaban J connectivity index is 1.86. The Kier molecular flexibility index (Phi) is 7.02. The number of hydrogen-bond acceptors (Lipinski definition) is 6. The van der Waals surface area contributed by atoms with Crippen LogP contribution in [0, 0.1) is 0 Å². The van der Waals surface area contributed by atoms with Crippen molar-refractivity contribution < 1.29 is 45.7 Å². The lowest BCUT2D eigenvalue weighted by Gasteiger charge is -2.47. The number of halogens is 6. The fourth-order valence-corrected chi connectivity index (χ4v) is 4.43. The molecule has 0 spiro atoms. The number of alkyl halides is 6. The zero-order chi connectivity index (χ0) is 28.9. The van der Waals surface area contributed by atoms with Gasteiger partial charge in [-0.25, -0.2) is 4.79 Å². The molecule has 1 amide bonds. The molecule has 1 N–H and O–H groups in total. The molecule has 0 saturated carbocycles. The molecular formula is C24H23F6N5O4. The second-order valence-electron chi connectivity index (χ2n) is 10.0. The number of nitrogens with zero attached hydrogens (tertiary/aromatic N) is 5. The molecule has 0 radical (unpaired) electrons. The molecule has 15 heteroatoms. The zero-order valence-corrected chi connectivity index (χ0v) is 20.8. The Bertz CT molecular complexity index is 1260. The summed E-state index contributed by atoms with van der Waals surface area (Å²) in [6.07, 6.45) is -11.8. The van der Waals surface area contributed by atoms with E-state index in [1.54, 1.807) is 20.8 Å². The van der Waals surface area contributed by atoms with E-state index in [9.17, 15) is 36.2 Å². The quantitative estimate of drug-likeness (QED) is 0.192. The number of piperidine rings is 1. The number of amides is 1. The lowest BCUT2D eigenvalue weighted by Crippen LogP contribution is -2.61. The molecule has 39 heavy (non-hydrogen) atoms. The molecule has 4 rings (SSSR count). The third-order valence-electron chi connectivity index (χ3n) is 6.10. The van der Waals surface area contributed by atoms with Gasteiger partial charge in [-0.3, -0.25) is 0 Å². The molecular weight excluding hydrogens is 536 g/mol. The number of aliphatic hydroxyl groups is 1. The van der Waals surface area contributed by atoms with E-state index >= 15 is 0 Å². The number of anilines is 2. The van der Waals surface area contributed by atoms with Gasteiger partial charge in [0.25, 0.3) is 0 Å². The summed E-state index contributed by atoms with van der Waals surface area (Å²) in [5, 5.41) is 14.7. The van der Waals surface area contributed by atoms with E-state index in [0.29, 0.717) is 12.1 Å². The minimum atomic E-state index is -4.78. The van der Waals surface area contributed by atoms with Crippen LogP contribution in [0.25, 0.3) is 10.4 Å². The van der Waals surface area contributed by atoms with Crippen molar-refractivity contribution in [2.75, 3.05) is 18.0 Å². The molecule has 1 saturated heterocycles. The van der Waals surface area contributed by atoms with E-state index in [1.807, 2.05) is 0 Å². The summed E-state index contributed by atoms with van der Waals surface area (Å²) < 4.78 is 91.5. The number of likely N-dealkylation sites (tertiary alicyclic amines) is 1. The van der Waals surface area contributed by atoms with Crippen molar-refractivity contribution in [3.8, 4) is 11.5 Å². The number of hydrogen-bond donors (Lipinski definition) is 1. The smallest absolute Gasteiger partial charge is 0.416 e. The average Bonchev–Trinajstić information content (AvgIpc) is 2.81. The zero-order valence-electron chi connectivity index (χ0n) is 20.8. The molecule has 2 aliphatic rings. The predicted molar refractivity (Wildman–Crippen MR) is 126 cm³/mol. The lowest BCUT2D eigenvalue weighted by molar-refractivity contribution is -0.138. The first kappa shape index (κ1) is 28.2. The molecule has 2 aromatic carbocycles. The number of rotatable bonds is 2. The summed E-state index contributed by atoms with van der Waals surface area (Å²) in [6.45, 7) is 4.36. The van der Waals surface area contributed by atoms with Crippen LogP contribution >= 0.6 is 0 Å². The Hall–Kier alpha value is -3.84. The molecule has 0 aromatic heterocycles. The number of aliphatic hydroxyl groups excluding tert-OH is 1. The van der Waals surface area contributed by atoms with E-state index in [4.69, 9.17) is 15.0 Å². The molecule has 9 nitrogen and oxygen atoms in total. The second-order valence-corrected chi connectivity index (χ2v) is 10.0. The van der Waals surface area contributed by atoms with Gasteiger partial charge in [0.05, 0.1) is 40.7 Å². The predicted octanol–water partition coefficient (Wildman–Crippen LogP) is 6.63. The fourth-order valence-electron chi connectivity index (χ4n) is 4.43. The fraction of sp³-hybridized carbons (Fsp3) is 0.458. The van der Waals surface area contributed by atoms with Gasteiger partial charge in [-0.2, -0.15) is 26.3 Å². The van der Waals surface area contributed by atoms with Crippen molar-refractivity contribution in [1.29, 1.82) is 0 Å². The number of benzene rings is 2. The van der Waals surface area contributed by atoms with Gasteiger partial charge in [-0.15, -0.1) is 0 Å². The Morgan fingerprint density at radius 3 is 1.95 bits per heavy atom. The maximum Gasteiger partial charge on any atom is 0.416 e. The van der Waals surface area contributed by atoms with Gasteiger partial charge in [-0.05, 0) is 62.7 Å². The van der Waals surface area contributed by atoms with Crippen molar-refractivity contribution in [2.45, 2.75) is 56.9 Å². The molecule has 0 unspecified atom stereocenters. The van der Waals surface area contributed by atoms with Crippen LogP contribution in [0.15, 0.2) is 41.5 Å². The van der Waals surface area contributed by atoms with E-state index in [1.165, 1.54) is 4.90 Å². The van der Waals surface area contributed by atoms with Gasteiger partial charge >= 0.3 is 18.4 Å². The number of fused-ring (bicyclic) bond motifs is 2. The van der Waals surface area contributed by atoms with Crippen LogP contribution in [0.1, 0.15) is 31.9 Å². The first-order valence-corrected chi connectivity index (χ1v) is 11.6. The number of azide groups is 1. The van der Waals surface area contributed by atoms with Crippen LogP contribution in [-0.2, 0) is 17.1 Å². The van der Waals surface area contributed by atoms with Gasteiger partial charge in [0.15, 0.2) is 11.5 Å². The highest BCUT2D eigenvalue weighted by Gasteiger charge is 2.45. The summed E-state index contributed by atoms with van der Waals surface area (Å²) in [7, 11) is 0. The van der Waals surface area contributed by atoms with E-state index in [-0.39, 0.29) is 24.5 Å². The SMILES string of the molecule is CC(C)(C)OC(=O)N1C[C@H](N=[N+]=[N-])[C@@H](O)[C@@H](N2c3ccc(C(F)(F)F)cc3Oc3cc(C(F)(F)F)ccc32)C1. The standard InChI is InChI=1S/C24H23F6N5O4/c1-22(2,3)39-21(37)34-10-14(32-33-31)20(36)17(11-34)35-15-6-4-12(23(25,26)27)8-18(15)38-19-9-13(24(28,29)30)5-7-16(19)35/h4-9,14,17,20,36H,10-11H2,1-3H3/t14-,17-,20+/m0/s1. The average molecular weight is 559 g/mol. The van der Waals surface area contributed by atoms with Crippen molar-refractivity contribution in [3.63, 3.8) is 0 Å². The van der Waals surface area contributed by atoms with Gasteiger partial charge in [-0.1, -0.05) is 5.11 Å². The summed E-state index contributed by atoms with van der Waals surface area (Å²) in [5.74, 6) is -0.836. The minimum Gasteiger partial charge on any atom is -0.453 e. The largest absolute Gasteiger partial charge is 0.453 e. The highest BCUT2D eigenvalue weighted by Crippen LogP contribution is 2.51. The lowest BCUT2D eigenvalue weighted by atomic mass is 9.94. The Morgan fingerprint density at radius 1 is 1.00 bits per heavy atom. The van der Waals surface area contributed by atoms with Crippen LogP contribution in [0.4, 0.5) is 42.5 Å². The Labute approximate surface area is 218 Å². The number of carbonyl (C=O) groups is 1. The number of carbonyl (C=O) groups excluding carboxylic acids is 1. The molecule has 0 aliphatic carbocycles. The molecule has 2 heterocycles. The third-order valence-corrected chi connectivity index (χ3v) is 6.10. The van der Waals surface area contributed by atoms with Crippen LogP contribution < -0.4 is 9.64 Å². The minimum absolute atomic E-state index is 0.00923. The summed E-state index contributed by atoms with van der Waals surface area (Å²) in [4.78, 5) is 18.1. The summed E-state index contributed by atoms with van der Waals surface area (Å²) >= 11 is 0. The van der Waals surface area contributed by atoms with Gasteiger partial charge in [0.2, 0.25) is 0 Å². The van der Waals surface area contributed by atoms with Crippen molar-refractivity contribution in [1.82, 2.24) is 4.90 Å². The van der Waals surface area contributed by atoms with Gasteiger partial charge in [0, 0.05) is 18.0 Å². The third kappa shape index (κ3) is 5.78. The van der Waals surface area contributed by atoms with Gasteiger partial charge in [0.1, 0.15) is 5.60 Å². The highest BCUT2D eigenvalue weighted by molar-refractivity contribution is 5.80. The molecule has 2 aliphatic heterocycles. The van der Waals surface area contributed by atoms with E-state index in [0.717, 1.165) is 29.2 Å². The van der Waals surface area contributed by atoms with Crippen LogP contribution in [0.2, 0.25) is 0 Å². The van der Waals surface area contributed by atoms with Crippen molar-refractivity contribution in [3.05, 3.63) is 58.0 Å². The van der Waals surface area contributed by atoms with Gasteiger partial charge < -0.3 is 24.4 Å². The molecule has 0 bridgehead atoms. The molecule has 210 valence electrons. The maximum absolute atomic E-state index is 13.4. The second kappa shape index (κ2) is 9.72. The first-order chi connectivity index (χ1) is 18.0. The topological polar surface area (TPSA) is 111 Å². The maximum atomic E-state index is 13.4. The Morgan fingerprint density at radius 2 is 1.51 bits per heavy atom. The van der Waals surface area contributed by atoms with Crippen LogP contribution in [0.5, 0.6) is 11.5 Å². The van der Waals surface area contributed by atoms with Crippen LogP contribution in [-0.4, -0.2) is 53.0 Å². The molecule has 3 atom stereocenters. The summed E-state index contributed by atoms with van der Waals surface area (Å²) in [5.41, 5.74) is 5.90.